The van der Waals surface area contributed by atoms with Crippen LogP contribution in [0, 0.1) is 5.92 Å². The van der Waals surface area contributed by atoms with Crippen LogP contribution in [0.25, 0.3) is 0 Å². The third-order valence-corrected chi connectivity index (χ3v) is 4.08. The molecule has 0 saturated heterocycles. The van der Waals surface area contributed by atoms with E-state index in [-0.39, 0.29) is 16.6 Å². The minimum absolute atomic E-state index is 0.0431. The topological polar surface area (TPSA) is 63.2 Å². The summed E-state index contributed by atoms with van der Waals surface area (Å²) in [6.07, 6.45) is 1.27. The van der Waals surface area contributed by atoms with Crippen molar-refractivity contribution in [3.05, 3.63) is 29.8 Å². The third-order valence-electron chi connectivity index (χ3n) is 2.65. The van der Waals surface area contributed by atoms with Gasteiger partial charge in [-0.05, 0) is 24.5 Å². The van der Waals surface area contributed by atoms with E-state index >= 15 is 0 Å². The molecule has 0 aliphatic rings. The molecule has 0 saturated carbocycles. The van der Waals surface area contributed by atoms with Crippen LogP contribution in [0.4, 0.5) is 0 Å². The molecule has 5 heteroatoms. The average molecular weight is 283 g/mol. The molecule has 106 valence electrons. The Hall–Kier alpha value is -1.20. The number of nitrogens with one attached hydrogen (secondary N) is 1. The van der Waals surface area contributed by atoms with Crippen LogP contribution in [0.2, 0.25) is 0 Å². The predicted molar refractivity (Wildman–Crippen MR) is 75.7 cm³/mol. The summed E-state index contributed by atoms with van der Waals surface area (Å²) >= 11 is 0. The first-order chi connectivity index (χ1) is 8.86. The average Bonchev–Trinajstić information content (AvgIpc) is 2.37. The second-order valence-corrected chi connectivity index (χ2v) is 6.71. The summed E-state index contributed by atoms with van der Waals surface area (Å²) in [7, 11) is -3.47. The number of benzene rings is 1. The number of sulfonamides is 1. The maximum Gasteiger partial charge on any atom is 0.240 e. The van der Waals surface area contributed by atoms with Gasteiger partial charge >= 0.3 is 0 Å². The van der Waals surface area contributed by atoms with Crippen molar-refractivity contribution in [1.29, 1.82) is 0 Å². The number of rotatable bonds is 7. The van der Waals surface area contributed by atoms with Crippen LogP contribution in [-0.2, 0) is 10.0 Å². The molecule has 0 spiro atoms. The molecule has 0 radical (unpaired) electrons. The van der Waals surface area contributed by atoms with Gasteiger partial charge in [-0.1, -0.05) is 32.9 Å². The van der Waals surface area contributed by atoms with E-state index in [1.54, 1.807) is 12.1 Å². The molecule has 0 fully saturated rings. The van der Waals surface area contributed by atoms with Crippen molar-refractivity contribution in [3.8, 4) is 0 Å². The molecule has 1 aromatic carbocycles. The van der Waals surface area contributed by atoms with E-state index < -0.39 is 10.0 Å². The van der Waals surface area contributed by atoms with Gasteiger partial charge in [0.2, 0.25) is 10.0 Å². The quantitative estimate of drug-likeness (QED) is 0.782. The maximum atomic E-state index is 11.9. The molecule has 1 N–H and O–H groups in total. The molecule has 1 rings (SSSR count). The number of hydrogen-bond acceptors (Lipinski definition) is 3. The molecular formula is C14H21NO3S. The summed E-state index contributed by atoms with van der Waals surface area (Å²) in [5.74, 6) is 0.293. The van der Waals surface area contributed by atoms with Gasteiger partial charge in [0.15, 0.2) is 5.78 Å². The highest BCUT2D eigenvalue weighted by atomic mass is 32.2. The van der Waals surface area contributed by atoms with Crippen molar-refractivity contribution >= 4 is 15.8 Å². The SMILES string of the molecule is CCCC(=O)c1ccc(S(=O)(=O)NCC(C)C)cc1. The van der Waals surface area contributed by atoms with Gasteiger partial charge in [-0.3, -0.25) is 4.79 Å². The smallest absolute Gasteiger partial charge is 0.240 e. The second kappa shape index (κ2) is 6.82. The first kappa shape index (κ1) is 15.9. The van der Waals surface area contributed by atoms with Crippen LogP contribution in [-0.4, -0.2) is 20.7 Å². The lowest BCUT2D eigenvalue weighted by atomic mass is 10.1. The maximum absolute atomic E-state index is 11.9. The molecular weight excluding hydrogens is 262 g/mol. The van der Waals surface area contributed by atoms with E-state index in [4.69, 9.17) is 0 Å². The van der Waals surface area contributed by atoms with Crippen LogP contribution >= 0.6 is 0 Å². The van der Waals surface area contributed by atoms with Gasteiger partial charge in [-0.15, -0.1) is 0 Å². The van der Waals surface area contributed by atoms with Crippen LogP contribution < -0.4 is 4.72 Å². The summed E-state index contributed by atoms with van der Waals surface area (Å²) in [6, 6.07) is 6.10. The Morgan fingerprint density at radius 1 is 1.21 bits per heavy atom. The molecule has 0 aliphatic carbocycles. The van der Waals surface area contributed by atoms with Crippen molar-refractivity contribution in [2.75, 3.05) is 6.54 Å². The van der Waals surface area contributed by atoms with Crippen molar-refractivity contribution in [3.63, 3.8) is 0 Å². The summed E-state index contributed by atoms with van der Waals surface area (Å²) in [5, 5.41) is 0. The fraction of sp³-hybridized carbons (Fsp3) is 0.500. The lowest BCUT2D eigenvalue weighted by molar-refractivity contribution is 0.0981. The van der Waals surface area contributed by atoms with Gasteiger partial charge in [0.1, 0.15) is 0 Å². The Bertz CT molecular complexity index is 518. The van der Waals surface area contributed by atoms with Gasteiger partial charge < -0.3 is 0 Å². The highest BCUT2D eigenvalue weighted by molar-refractivity contribution is 7.89. The fourth-order valence-corrected chi connectivity index (χ4v) is 2.76. The van der Waals surface area contributed by atoms with E-state index in [1.165, 1.54) is 12.1 Å². The minimum Gasteiger partial charge on any atom is -0.294 e. The van der Waals surface area contributed by atoms with Crippen molar-refractivity contribution in [2.45, 2.75) is 38.5 Å². The first-order valence-corrected chi connectivity index (χ1v) is 7.98. The zero-order valence-corrected chi connectivity index (χ0v) is 12.5. The Morgan fingerprint density at radius 3 is 2.26 bits per heavy atom. The van der Waals surface area contributed by atoms with Crippen LogP contribution in [0.5, 0.6) is 0 Å². The van der Waals surface area contributed by atoms with Gasteiger partial charge in [0, 0.05) is 18.5 Å². The van der Waals surface area contributed by atoms with Gasteiger partial charge in [0.05, 0.1) is 4.90 Å². The molecule has 0 aromatic heterocycles. The zero-order chi connectivity index (χ0) is 14.5. The van der Waals surface area contributed by atoms with Gasteiger partial charge in [-0.2, -0.15) is 0 Å². The van der Waals surface area contributed by atoms with Gasteiger partial charge in [0.25, 0.3) is 0 Å². The molecule has 0 heterocycles. The molecule has 0 unspecified atom stereocenters. The Balaban J connectivity index is 2.83. The van der Waals surface area contributed by atoms with E-state index in [0.29, 0.717) is 18.5 Å². The predicted octanol–water partition coefficient (Wildman–Crippen LogP) is 2.60. The highest BCUT2D eigenvalue weighted by Crippen LogP contribution is 2.12. The highest BCUT2D eigenvalue weighted by Gasteiger charge is 2.14. The molecule has 0 amide bonds. The molecule has 4 nitrogen and oxygen atoms in total. The lowest BCUT2D eigenvalue weighted by Gasteiger charge is -2.09. The molecule has 0 bridgehead atoms. The normalized spacial score (nSPS) is 11.8. The zero-order valence-electron chi connectivity index (χ0n) is 11.6. The molecule has 19 heavy (non-hydrogen) atoms. The number of carbonyl (C=O) groups is 1. The van der Waals surface area contributed by atoms with Crippen molar-refractivity contribution < 1.29 is 13.2 Å². The number of Topliss-reactive ketones (excluding diaryl/α,β-unsaturated/α-hetero) is 1. The Kier molecular flexibility index (Phi) is 5.69. The molecule has 1 aromatic rings. The van der Waals surface area contributed by atoms with Crippen LogP contribution in [0.15, 0.2) is 29.2 Å². The van der Waals surface area contributed by atoms with Crippen molar-refractivity contribution in [1.82, 2.24) is 4.72 Å². The van der Waals surface area contributed by atoms with E-state index in [9.17, 15) is 13.2 Å². The Morgan fingerprint density at radius 2 is 1.79 bits per heavy atom. The summed E-state index contributed by atoms with van der Waals surface area (Å²) in [6.45, 7) is 6.22. The largest absolute Gasteiger partial charge is 0.294 e. The summed E-state index contributed by atoms with van der Waals surface area (Å²) < 4.78 is 26.4. The van der Waals surface area contributed by atoms with Crippen molar-refractivity contribution in [2.24, 2.45) is 5.92 Å². The lowest BCUT2D eigenvalue weighted by Crippen LogP contribution is -2.27. The Labute approximate surface area is 115 Å². The number of ketones is 1. The number of hydrogen-bond donors (Lipinski definition) is 1. The van der Waals surface area contributed by atoms with Gasteiger partial charge in [-0.25, -0.2) is 13.1 Å². The van der Waals surface area contributed by atoms with Crippen LogP contribution in [0.1, 0.15) is 44.0 Å². The first-order valence-electron chi connectivity index (χ1n) is 6.49. The summed E-state index contributed by atoms with van der Waals surface area (Å²) in [5.41, 5.74) is 0.560. The number of carbonyl (C=O) groups excluding carboxylic acids is 1. The second-order valence-electron chi connectivity index (χ2n) is 4.94. The standard InChI is InChI=1S/C14H21NO3S/c1-4-5-14(16)12-6-8-13(9-7-12)19(17,18)15-10-11(2)3/h6-9,11,15H,4-5,10H2,1-3H3. The van der Waals surface area contributed by atoms with Crippen LogP contribution in [0.3, 0.4) is 0 Å². The monoisotopic (exact) mass is 283 g/mol. The summed E-state index contributed by atoms with van der Waals surface area (Å²) in [4.78, 5) is 11.9. The van der Waals surface area contributed by atoms with E-state index in [0.717, 1.165) is 6.42 Å². The minimum atomic E-state index is -3.47. The van der Waals surface area contributed by atoms with E-state index in [2.05, 4.69) is 4.72 Å². The molecule has 0 atom stereocenters. The fourth-order valence-electron chi connectivity index (χ4n) is 1.55. The molecule has 0 aliphatic heterocycles. The third kappa shape index (κ3) is 4.76. The van der Waals surface area contributed by atoms with E-state index in [1.807, 2.05) is 20.8 Å².